The summed E-state index contributed by atoms with van der Waals surface area (Å²) < 4.78 is 0. The fourth-order valence-electron chi connectivity index (χ4n) is 1.53. The Morgan fingerprint density at radius 1 is 1.53 bits per heavy atom. The Morgan fingerprint density at radius 3 is 2.87 bits per heavy atom. The SMILES string of the molecule is Cc1nc(Cc2cccs2)sc1C(C)N. The van der Waals surface area contributed by atoms with Crippen molar-refractivity contribution >= 4 is 22.7 Å². The van der Waals surface area contributed by atoms with Gasteiger partial charge < -0.3 is 5.73 Å². The Bertz CT molecular complexity index is 429. The number of nitrogens with zero attached hydrogens (tertiary/aromatic N) is 1. The van der Waals surface area contributed by atoms with E-state index in [9.17, 15) is 0 Å². The van der Waals surface area contributed by atoms with Crippen molar-refractivity contribution in [2.45, 2.75) is 26.3 Å². The summed E-state index contributed by atoms with van der Waals surface area (Å²) in [5.74, 6) is 0. The second-order valence-electron chi connectivity index (χ2n) is 3.60. The van der Waals surface area contributed by atoms with E-state index < -0.39 is 0 Å². The van der Waals surface area contributed by atoms with E-state index in [1.54, 1.807) is 22.7 Å². The molecule has 0 spiro atoms. The van der Waals surface area contributed by atoms with Gasteiger partial charge in [0.25, 0.3) is 0 Å². The topological polar surface area (TPSA) is 38.9 Å². The Kier molecular flexibility index (Phi) is 3.19. The van der Waals surface area contributed by atoms with Crippen molar-refractivity contribution in [3.05, 3.63) is 38.0 Å². The molecule has 1 unspecified atom stereocenters. The van der Waals surface area contributed by atoms with Gasteiger partial charge in [0.2, 0.25) is 0 Å². The summed E-state index contributed by atoms with van der Waals surface area (Å²) in [6, 6.07) is 4.32. The van der Waals surface area contributed by atoms with Crippen LogP contribution >= 0.6 is 22.7 Å². The monoisotopic (exact) mass is 238 g/mol. The highest BCUT2D eigenvalue weighted by atomic mass is 32.1. The first kappa shape index (κ1) is 10.8. The largest absolute Gasteiger partial charge is 0.323 e. The normalized spacial score (nSPS) is 13.0. The molecule has 1 atom stereocenters. The minimum atomic E-state index is 0.0968. The van der Waals surface area contributed by atoms with Crippen LogP contribution < -0.4 is 5.73 Å². The summed E-state index contributed by atoms with van der Waals surface area (Å²) in [4.78, 5) is 7.12. The number of rotatable bonds is 3. The maximum Gasteiger partial charge on any atom is 0.0983 e. The lowest BCUT2D eigenvalue weighted by atomic mass is 10.2. The van der Waals surface area contributed by atoms with Crippen molar-refractivity contribution in [2.24, 2.45) is 5.73 Å². The third-order valence-corrected chi connectivity index (χ3v) is 4.43. The molecule has 0 aromatic carbocycles. The maximum atomic E-state index is 5.87. The van der Waals surface area contributed by atoms with Gasteiger partial charge in [0.05, 0.1) is 10.7 Å². The zero-order valence-electron chi connectivity index (χ0n) is 8.86. The quantitative estimate of drug-likeness (QED) is 0.892. The summed E-state index contributed by atoms with van der Waals surface area (Å²) >= 11 is 3.51. The van der Waals surface area contributed by atoms with Crippen molar-refractivity contribution in [3.8, 4) is 0 Å². The zero-order valence-corrected chi connectivity index (χ0v) is 10.5. The molecule has 0 amide bonds. The molecule has 2 aromatic rings. The van der Waals surface area contributed by atoms with Gasteiger partial charge in [-0.15, -0.1) is 22.7 Å². The summed E-state index contributed by atoms with van der Waals surface area (Å²) in [6.45, 7) is 4.04. The summed E-state index contributed by atoms with van der Waals surface area (Å²) in [6.07, 6.45) is 0.940. The molecular weight excluding hydrogens is 224 g/mol. The average molecular weight is 238 g/mol. The van der Waals surface area contributed by atoms with E-state index in [-0.39, 0.29) is 6.04 Å². The molecule has 0 aliphatic heterocycles. The third kappa shape index (κ3) is 2.45. The highest BCUT2D eigenvalue weighted by Crippen LogP contribution is 2.26. The van der Waals surface area contributed by atoms with Crippen molar-refractivity contribution in [3.63, 3.8) is 0 Å². The van der Waals surface area contributed by atoms with Crippen molar-refractivity contribution in [2.75, 3.05) is 0 Å². The van der Waals surface area contributed by atoms with Crippen molar-refractivity contribution in [1.82, 2.24) is 4.98 Å². The van der Waals surface area contributed by atoms with Crippen LogP contribution in [-0.2, 0) is 6.42 Å². The molecule has 4 heteroatoms. The standard InChI is InChI=1S/C11H14N2S2/c1-7(12)11-8(2)13-10(15-11)6-9-4-3-5-14-9/h3-5,7H,6,12H2,1-2H3. The van der Waals surface area contributed by atoms with E-state index in [1.807, 2.05) is 13.8 Å². The van der Waals surface area contributed by atoms with Crippen LogP contribution in [-0.4, -0.2) is 4.98 Å². The van der Waals surface area contributed by atoms with Gasteiger partial charge in [-0.25, -0.2) is 4.98 Å². The molecule has 0 fully saturated rings. The molecule has 15 heavy (non-hydrogen) atoms. The molecule has 2 N–H and O–H groups in total. The van der Waals surface area contributed by atoms with Crippen LogP contribution in [0.25, 0.3) is 0 Å². The van der Waals surface area contributed by atoms with Crippen LogP contribution in [0.1, 0.15) is 33.4 Å². The average Bonchev–Trinajstić information content (AvgIpc) is 2.75. The van der Waals surface area contributed by atoms with Crippen LogP contribution in [0.2, 0.25) is 0 Å². The molecule has 2 aromatic heterocycles. The fourth-order valence-corrected chi connectivity index (χ4v) is 3.37. The van der Waals surface area contributed by atoms with Crippen LogP contribution in [0.3, 0.4) is 0 Å². The van der Waals surface area contributed by atoms with Gasteiger partial charge in [-0.1, -0.05) is 6.07 Å². The molecule has 2 rings (SSSR count). The van der Waals surface area contributed by atoms with E-state index in [0.29, 0.717) is 0 Å². The minimum Gasteiger partial charge on any atom is -0.323 e. The Labute approximate surface area is 97.8 Å². The van der Waals surface area contributed by atoms with Gasteiger partial charge in [-0.05, 0) is 25.3 Å². The first-order chi connectivity index (χ1) is 7.16. The summed E-state index contributed by atoms with van der Waals surface area (Å²) in [7, 11) is 0. The van der Waals surface area contributed by atoms with Crippen molar-refractivity contribution in [1.29, 1.82) is 0 Å². The van der Waals surface area contributed by atoms with Crippen LogP contribution in [0.5, 0.6) is 0 Å². The Hall–Kier alpha value is -0.710. The molecule has 0 saturated carbocycles. The van der Waals surface area contributed by atoms with E-state index >= 15 is 0 Å². The molecule has 0 aliphatic carbocycles. The van der Waals surface area contributed by atoms with Gasteiger partial charge in [0.1, 0.15) is 0 Å². The first-order valence-electron chi connectivity index (χ1n) is 4.91. The Balaban J connectivity index is 2.20. The lowest BCUT2D eigenvalue weighted by Crippen LogP contribution is -2.03. The van der Waals surface area contributed by atoms with Gasteiger partial charge >= 0.3 is 0 Å². The number of aryl methyl sites for hydroxylation is 1. The molecule has 2 nitrogen and oxygen atoms in total. The molecule has 0 saturated heterocycles. The molecule has 80 valence electrons. The number of hydrogen-bond acceptors (Lipinski definition) is 4. The van der Waals surface area contributed by atoms with E-state index in [4.69, 9.17) is 5.73 Å². The number of thiazole rings is 1. The second-order valence-corrected chi connectivity index (χ2v) is 5.75. The number of hydrogen-bond donors (Lipinski definition) is 1. The molecule has 0 bridgehead atoms. The van der Waals surface area contributed by atoms with Gasteiger partial charge in [0.15, 0.2) is 0 Å². The Morgan fingerprint density at radius 2 is 2.33 bits per heavy atom. The highest BCUT2D eigenvalue weighted by molar-refractivity contribution is 7.12. The summed E-state index contributed by atoms with van der Waals surface area (Å²) in [5, 5.41) is 3.27. The van der Waals surface area contributed by atoms with E-state index in [0.717, 1.165) is 12.1 Å². The van der Waals surface area contributed by atoms with Gasteiger partial charge in [-0.3, -0.25) is 0 Å². The smallest absolute Gasteiger partial charge is 0.0983 e. The second kappa shape index (κ2) is 4.43. The van der Waals surface area contributed by atoms with Crippen LogP contribution in [0.4, 0.5) is 0 Å². The molecular formula is C11H14N2S2. The fraction of sp³-hybridized carbons (Fsp3) is 0.364. The van der Waals surface area contributed by atoms with Crippen molar-refractivity contribution < 1.29 is 0 Å². The third-order valence-electron chi connectivity index (χ3n) is 2.20. The maximum absolute atomic E-state index is 5.87. The molecule has 2 heterocycles. The van der Waals surface area contributed by atoms with Gasteiger partial charge in [-0.2, -0.15) is 0 Å². The minimum absolute atomic E-state index is 0.0968. The predicted molar refractivity (Wildman–Crippen MR) is 66.6 cm³/mol. The molecule has 0 aliphatic rings. The predicted octanol–water partition coefficient (Wildman–Crippen LogP) is 3.12. The van der Waals surface area contributed by atoms with E-state index in [1.165, 1.54) is 14.8 Å². The number of thiophene rings is 1. The lowest BCUT2D eigenvalue weighted by Gasteiger charge is -1.99. The summed E-state index contributed by atoms with van der Waals surface area (Å²) in [5.41, 5.74) is 6.96. The highest BCUT2D eigenvalue weighted by Gasteiger charge is 2.11. The van der Waals surface area contributed by atoms with Gasteiger partial charge in [0, 0.05) is 22.2 Å². The number of nitrogens with two attached hydrogens (primary N) is 1. The zero-order chi connectivity index (χ0) is 10.8. The first-order valence-corrected chi connectivity index (χ1v) is 6.60. The lowest BCUT2D eigenvalue weighted by molar-refractivity contribution is 0.825. The van der Waals surface area contributed by atoms with Crippen LogP contribution in [0.15, 0.2) is 17.5 Å². The van der Waals surface area contributed by atoms with Crippen LogP contribution in [0, 0.1) is 6.92 Å². The number of aromatic nitrogens is 1. The molecule has 0 radical (unpaired) electrons. The van der Waals surface area contributed by atoms with E-state index in [2.05, 4.69) is 22.5 Å².